The Bertz CT molecular complexity index is 659. The lowest BCUT2D eigenvalue weighted by Crippen LogP contribution is -2.24. The van der Waals surface area contributed by atoms with Crippen molar-refractivity contribution in [2.45, 2.75) is 25.5 Å². The average Bonchev–Trinajstić information content (AvgIpc) is 2.42. The van der Waals surface area contributed by atoms with E-state index >= 15 is 0 Å². The summed E-state index contributed by atoms with van der Waals surface area (Å²) in [7, 11) is 0. The first kappa shape index (κ1) is 13.9. The lowest BCUT2D eigenvalue weighted by molar-refractivity contribution is 0.161. The Morgan fingerprint density at radius 1 is 1.20 bits per heavy atom. The molecular weight excluding hydrogens is 338 g/mol. The van der Waals surface area contributed by atoms with Gasteiger partial charge in [-0.2, -0.15) is 0 Å². The van der Waals surface area contributed by atoms with Crippen LogP contribution >= 0.6 is 27.5 Å². The van der Waals surface area contributed by atoms with Crippen LogP contribution in [0.15, 0.2) is 40.9 Å². The van der Waals surface area contributed by atoms with Crippen molar-refractivity contribution in [1.82, 2.24) is 0 Å². The summed E-state index contributed by atoms with van der Waals surface area (Å²) in [5.41, 5.74) is 9.63. The summed E-state index contributed by atoms with van der Waals surface area (Å²) in [5, 5.41) is 0.704. The standard InChI is InChI=1S/C16H15BrClNO/c1-9-2-5-15-12(6-9)14(19)8-16(20-15)11-7-10(18)3-4-13(11)17/h2-7,14,16H,8,19H2,1H3/t14-,16?/m0/s1. The van der Waals surface area contributed by atoms with Crippen LogP contribution in [0.2, 0.25) is 5.02 Å². The van der Waals surface area contributed by atoms with E-state index in [2.05, 4.69) is 28.9 Å². The van der Waals surface area contributed by atoms with Gasteiger partial charge in [0, 0.05) is 33.1 Å². The van der Waals surface area contributed by atoms with Crippen LogP contribution in [0.5, 0.6) is 5.75 Å². The first-order valence-electron chi connectivity index (χ1n) is 6.52. The summed E-state index contributed by atoms with van der Waals surface area (Å²) < 4.78 is 7.11. The van der Waals surface area contributed by atoms with Gasteiger partial charge in [0.15, 0.2) is 0 Å². The second kappa shape index (κ2) is 5.40. The zero-order chi connectivity index (χ0) is 14.3. The lowest BCUT2D eigenvalue weighted by atomic mass is 9.93. The Morgan fingerprint density at radius 2 is 2.00 bits per heavy atom. The molecular formula is C16H15BrClNO. The van der Waals surface area contributed by atoms with Crippen molar-refractivity contribution in [3.8, 4) is 5.75 Å². The largest absolute Gasteiger partial charge is 0.485 e. The van der Waals surface area contributed by atoms with Gasteiger partial charge in [-0.05, 0) is 31.2 Å². The van der Waals surface area contributed by atoms with Gasteiger partial charge >= 0.3 is 0 Å². The van der Waals surface area contributed by atoms with Gasteiger partial charge in [-0.1, -0.05) is 45.2 Å². The van der Waals surface area contributed by atoms with Gasteiger partial charge < -0.3 is 10.5 Å². The Labute approximate surface area is 132 Å². The number of aryl methyl sites for hydroxylation is 1. The third-order valence-corrected chi connectivity index (χ3v) is 4.56. The fourth-order valence-electron chi connectivity index (χ4n) is 2.58. The highest BCUT2D eigenvalue weighted by molar-refractivity contribution is 9.10. The van der Waals surface area contributed by atoms with Gasteiger partial charge in [0.05, 0.1) is 0 Å². The summed E-state index contributed by atoms with van der Waals surface area (Å²) in [6.07, 6.45) is 0.670. The first-order chi connectivity index (χ1) is 9.54. The number of fused-ring (bicyclic) bond motifs is 1. The van der Waals surface area contributed by atoms with E-state index in [1.165, 1.54) is 5.56 Å². The highest BCUT2D eigenvalue weighted by Crippen LogP contribution is 2.42. The van der Waals surface area contributed by atoms with E-state index in [1.54, 1.807) is 0 Å². The number of ether oxygens (including phenoxy) is 1. The molecule has 1 aliphatic rings. The molecule has 2 N–H and O–H groups in total. The molecule has 1 aliphatic heterocycles. The third-order valence-electron chi connectivity index (χ3n) is 3.61. The maximum Gasteiger partial charge on any atom is 0.127 e. The molecule has 2 aromatic carbocycles. The fraction of sp³-hybridized carbons (Fsp3) is 0.250. The fourth-order valence-corrected chi connectivity index (χ4v) is 3.26. The maximum absolute atomic E-state index is 6.30. The molecule has 0 spiro atoms. The Balaban J connectivity index is 1.99. The summed E-state index contributed by atoms with van der Waals surface area (Å²) in [5.74, 6) is 0.867. The van der Waals surface area contributed by atoms with E-state index in [4.69, 9.17) is 22.1 Å². The maximum atomic E-state index is 6.30. The molecule has 20 heavy (non-hydrogen) atoms. The number of rotatable bonds is 1. The molecule has 2 nitrogen and oxygen atoms in total. The predicted molar refractivity (Wildman–Crippen MR) is 85.2 cm³/mol. The van der Waals surface area contributed by atoms with Crippen molar-refractivity contribution in [1.29, 1.82) is 0 Å². The van der Waals surface area contributed by atoms with Crippen molar-refractivity contribution in [2.75, 3.05) is 0 Å². The van der Waals surface area contributed by atoms with Gasteiger partial charge in [-0.3, -0.25) is 0 Å². The molecule has 1 unspecified atom stereocenters. The zero-order valence-electron chi connectivity index (χ0n) is 11.1. The minimum absolute atomic E-state index is 0.0190. The van der Waals surface area contributed by atoms with Gasteiger partial charge in [0.2, 0.25) is 0 Å². The topological polar surface area (TPSA) is 35.2 Å². The van der Waals surface area contributed by atoms with Crippen LogP contribution < -0.4 is 10.5 Å². The van der Waals surface area contributed by atoms with Crippen molar-refractivity contribution >= 4 is 27.5 Å². The number of nitrogens with two attached hydrogens (primary N) is 1. The number of hydrogen-bond donors (Lipinski definition) is 1. The molecule has 0 aromatic heterocycles. The molecule has 0 bridgehead atoms. The van der Waals surface area contributed by atoms with Crippen LogP contribution in [-0.4, -0.2) is 0 Å². The molecule has 0 aliphatic carbocycles. The SMILES string of the molecule is Cc1ccc2c(c1)[C@@H](N)CC(c1cc(Cl)ccc1Br)O2. The molecule has 0 amide bonds. The molecule has 2 atom stereocenters. The highest BCUT2D eigenvalue weighted by atomic mass is 79.9. The van der Waals surface area contributed by atoms with Crippen LogP contribution in [0.25, 0.3) is 0 Å². The van der Waals surface area contributed by atoms with Gasteiger partial charge in [-0.15, -0.1) is 0 Å². The summed E-state index contributed by atoms with van der Waals surface area (Å²) in [6, 6.07) is 11.9. The number of benzene rings is 2. The van der Waals surface area contributed by atoms with E-state index in [1.807, 2.05) is 30.3 Å². The second-order valence-electron chi connectivity index (χ2n) is 5.16. The monoisotopic (exact) mass is 351 g/mol. The molecule has 3 rings (SSSR count). The summed E-state index contributed by atoms with van der Waals surface area (Å²) in [6.45, 7) is 2.06. The van der Waals surface area contributed by atoms with Crippen LogP contribution in [0, 0.1) is 6.92 Å². The molecule has 4 heteroatoms. The van der Waals surface area contributed by atoms with Crippen molar-refractivity contribution in [3.05, 3.63) is 62.6 Å². The molecule has 1 heterocycles. The predicted octanol–water partition coefficient (Wildman–Crippen LogP) is 4.93. The molecule has 0 fully saturated rings. The molecule has 0 saturated heterocycles. The third kappa shape index (κ3) is 2.58. The van der Waals surface area contributed by atoms with Gasteiger partial charge in [0.25, 0.3) is 0 Å². The van der Waals surface area contributed by atoms with Crippen molar-refractivity contribution < 1.29 is 4.74 Å². The first-order valence-corrected chi connectivity index (χ1v) is 7.69. The smallest absolute Gasteiger partial charge is 0.127 e. The minimum Gasteiger partial charge on any atom is -0.485 e. The van der Waals surface area contributed by atoms with Crippen LogP contribution in [0.4, 0.5) is 0 Å². The van der Waals surface area contributed by atoms with E-state index in [0.29, 0.717) is 5.02 Å². The van der Waals surface area contributed by atoms with Crippen LogP contribution in [0.3, 0.4) is 0 Å². The molecule has 0 saturated carbocycles. The number of halogens is 2. The van der Waals surface area contributed by atoms with Crippen molar-refractivity contribution in [2.24, 2.45) is 5.73 Å². The zero-order valence-corrected chi connectivity index (χ0v) is 13.4. The van der Waals surface area contributed by atoms with E-state index in [9.17, 15) is 0 Å². The lowest BCUT2D eigenvalue weighted by Gasteiger charge is -2.31. The van der Waals surface area contributed by atoms with E-state index in [0.717, 1.165) is 27.8 Å². The molecule has 104 valence electrons. The number of hydrogen-bond acceptors (Lipinski definition) is 2. The Hall–Kier alpha value is -1.03. The van der Waals surface area contributed by atoms with E-state index < -0.39 is 0 Å². The van der Waals surface area contributed by atoms with Crippen LogP contribution in [0.1, 0.15) is 35.3 Å². The highest BCUT2D eigenvalue weighted by Gasteiger charge is 2.28. The summed E-state index contributed by atoms with van der Waals surface area (Å²) >= 11 is 9.64. The van der Waals surface area contributed by atoms with Gasteiger partial charge in [-0.25, -0.2) is 0 Å². The quantitative estimate of drug-likeness (QED) is 0.789. The van der Waals surface area contributed by atoms with Gasteiger partial charge in [0.1, 0.15) is 11.9 Å². The van der Waals surface area contributed by atoms with Crippen molar-refractivity contribution in [3.63, 3.8) is 0 Å². The normalized spacial score (nSPS) is 21.2. The molecule has 2 aromatic rings. The van der Waals surface area contributed by atoms with Crippen LogP contribution in [-0.2, 0) is 0 Å². The summed E-state index contributed by atoms with van der Waals surface area (Å²) in [4.78, 5) is 0. The second-order valence-corrected chi connectivity index (χ2v) is 6.45. The molecule has 0 radical (unpaired) electrons. The average molecular weight is 353 g/mol. The Kier molecular flexibility index (Phi) is 3.76. The Morgan fingerprint density at radius 3 is 2.80 bits per heavy atom. The van der Waals surface area contributed by atoms with E-state index in [-0.39, 0.29) is 12.1 Å². The minimum atomic E-state index is -0.0757.